The third kappa shape index (κ3) is 4.09. The van der Waals surface area contributed by atoms with E-state index in [0.29, 0.717) is 21.7 Å². The van der Waals surface area contributed by atoms with Crippen molar-refractivity contribution in [3.63, 3.8) is 0 Å². The van der Waals surface area contributed by atoms with E-state index in [0.717, 1.165) is 10.6 Å². The SMILES string of the molecule is CC(=O)Nc1ccc(Cl)cc1NCc1cnc(Cl)s1. The summed E-state index contributed by atoms with van der Waals surface area (Å²) in [5.74, 6) is -0.133. The van der Waals surface area contributed by atoms with Gasteiger partial charge in [0, 0.05) is 23.0 Å². The number of hydrogen-bond donors (Lipinski definition) is 2. The number of anilines is 2. The quantitative estimate of drug-likeness (QED) is 0.896. The highest BCUT2D eigenvalue weighted by Crippen LogP contribution is 2.27. The summed E-state index contributed by atoms with van der Waals surface area (Å²) < 4.78 is 0.505. The van der Waals surface area contributed by atoms with Crippen LogP contribution in [0.2, 0.25) is 9.49 Å². The van der Waals surface area contributed by atoms with Crippen LogP contribution in [0, 0.1) is 0 Å². The Kier molecular flexibility index (Phi) is 4.63. The van der Waals surface area contributed by atoms with Crippen molar-refractivity contribution in [2.24, 2.45) is 0 Å². The fourth-order valence-corrected chi connectivity index (χ4v) is 2.60. The Hall–Kier alpha value is -1.30. The van der Waals surface area contributed by atoms with Crippen LogP contribution in [0.15, 0.2) is 24.4 Å². The molecule has 0 bridgehead atoms. The highest BCUT2D eigenvalue weighted by molar-refractivity contribution is 7.15. The maximum absolute atomic E-state index is 11.1. The average molecular weight is 316 g/mol. The molecule has 0 unspecified atom stereocenters. The van der Waals surface area contributed by atoms with Gasteiger partial charge in [-0.25, -0.2) is 4.98 Å². The number of carbonyl (C=O) groups excluding carboxylic acids is 1. The van der Waals surface area contributed by atoms with E-state index in [1.54, 1.807) is 24.4 Å². The molecule has 0 aliphatic carbocycles. The standard InChI is InChI=1S/C12H11Cl2N3OS/c1-7(18)17-10-3-2-8(13)4-11(10)15-5-9-6-16-12(14)19-9/h2-4,6,15H,5H2,1H3,(H,17,18). The zero-order chi connectivity index (χ0) is 13.8. The second kappa shape index (κ2) is 6.23. The van der Waals surface area contributed by atoms with Gasteiger partial charge in [0.05, 0.1) is 17.9 Å². The number of benzene rings is 1. The fraction of sp³-hybridized carbons (Fsp3) is 0.167. The molecule has 0 radical (unpaired) electrons. The Morgan fingerprint density at radius 2 is 2.16 bits per heavy atom. The van der Waals surface area contributed by atoms with Gasteiger partial charge in [-0.1, -0.05) is 23.2 Å². The number of amides is 1. The van der Waals surface area contributed by atoms with Gasteiger partial charge in [-0.15, -0.1) is 11.3 Å². The molecular formula is C12H11Cl2N3OS. The number of thiazole rings is 1. The van der Waals surface area contributed by atoms with Crippen LogP contribution in [0.5, 0.6) is 0 Å². The van der Waals surface area contributed by atoms with Crippen molar-refractivity contribution in [1.29, 1.82) is 0 Å². The van der Waals surface area contributed by atoms with Crippen LogP contribution < -0.4 is 10.6 Å². The van der Waals surface area contributed by atoms with Gasteiger partial charge in [0.2, 0.25) is 5.91 Å². The first-order chi connectivity index (χ1) is 9.04. The maximum Gasteiger partial charge on any atom is 0.221 e. The van der Waals surface area contributed by atoms with Gasteiger partial charge in [-0.3, -0.25) is 4.79 Å². The molecule has 4 nitrogen and oxygen atoms in total. The van der Waals surface area contributed by atoms with Crippen LogP contribution in [-0.4, -0.2) is 10.9 Å². The van der Waals surface area contributed by atoms with Crippen molar-refractivity contribution in [2.75, 3.05) is 10.6 Å². The summed E-state index contributed by atoms with van der Waals surface area (Å²) in [4.78, 5) is 16.1. The van der Waals surface area contributed by atoms with E-state index in [2.05, 4.69) is 15.6 Å². The molecule has 1 amide bonds. The van der Waals surface area contributed by atoms with Crippen LogP contribution in [0.3, 0.4) is 0 Å². The summed E-state index contributed by atoms with van der Waals surface area (Å²) >= 11 is 13.1. The molecule has 0 fully saturated rings. The van der Waals surface area contributed by atoms with Crippen LogP contribution >= 0.6 is 34.5 Å². The molecule has 0 aliphatic rings. The summed E-state index contributed by atoms with van der Waals surface area (Å²) in [5.41, 5.74) is 1.44. The number of halogens is 2. The van der Waals surface area contributed by atoms with Crippen molar-refractivity contribution in [1.82, 2.24) is 4.98 Å². The molecule has 2 N–H and O–H groups in total. The monoisotopic (exact) mass is 315 g/mol. The number of nitrogens with one attached hydrogen (secondary N) is 2. The molecule has 1 aromatic heterocycles. The van der Waals surface area contributed by atoms with Crippen molar-refractivity contribution >= 4 is 51.8 Å². The van der Waals surface area contributed by atoms with E-state index in [9.17, 15) is 4.79 Å². The molecule has 1 aromatic carbocycles. The number of carbonyl (C=O) groups is 1. The van der Waals surface area contributed by atoms with Crippen LogP contribution in [0.25, 0.3) is 0 Å². The van der Waals surface area contributed by atoms with Crippen molar-refractivity contribution in [3.05, 3.63) is 38.8 Å². The van der Waals surface area contributed by atoms with Crippen LogP contribution in [-0.2, 0) is 11.3 Å². The molecule has 0 saturated heterocycles. The lowest BCUT2D eigenvalue weighted by molar-refractivity contribution is -0.114. The van der Waals surface area contributed by atoms with Gasteiger partial charge in [-0.2, -0.15) is 0 Å². The number of hydrogen-bond acceptors (Lipinski definition) is 4. The Bertz CT molecular complexity index is 600. The van der Waals surface area contributed by atoms with Gasteiger partial charge in [-0.05, 0) is 18.2 Å². The Balaban J connectivity index is 2.13. The molecule has 0 spiro atoms. The lowest BCUT2D eigenvalue weighted by atomic mass is 10.2. The van der Waals surface area contributed by atoms with E-state index in [1.165, 1.54) is 18.3 Å². The smallest absolute Gasteiger partial charge is 0.221 e. The summed E-state index contributed by atoms with van der Waals surface area (Å²) in [6.45, 7) is 2.03. The van der Waals surface area contributed by atoms with E-state index < -0.39 is 0 Å². The molecule has 2 aromatic rings. The summed E-state index contributed by atoms with van der Waals surface area (Å²) in [6.07, 6.45) is 1.71. The lowest BCUT2D eigenvalue weighted by Gasteiger charge is -2.12. The molecule has 2 rings (SSSR count). The molecule has 1 heterocycles. The Labute approximate surface area is 124 Å². The van der Waals surface area contributed by atoms with Gasteiger partial charge in [0.25, 0.3) is 0 Å². The molecule has 0 aliphatic heterocycles. The average Bonchev–Trinajstić information content (AvgIpc) is 2.75. The molecule has 100 valence electrons. The minimum Gasteiger partial charge on any atom is -0.378 e. The van der Waals surface area contributed by atoms with Gasteiger partial charge < -0.3 is 10.6 Å². The third-order valence-corrected chi connectivity index (χ3v) is 3.62. The van der Waals surface area contributed by atoms with Crippen molar-refractivity contribution < 1.29 is 4.79 Å². The van der Waals surface area contributed by atoms with E-state index in [1.807, 2.05) is 0 Å². The molecule has 7 heteroatoms. The number of nitrogens with zero attached hydrogens (tertiary/aromatic N) is 1. The van der Waals surface area contributed by atoms with Crippen molar-refractivity contribution in [3.8, 4) is 0 Å². The predicted molar refractivity (Wildman–Crippen MR) is 80.2 cm³/mol. The van der Waals surface area contributed by atoms with Crippen molar-refractivity contribution in [2.45, 2.75) is 13.5 Å². The highest BCUT2D eigenvalue weighted by Gasteiger charge is 2.06. The first-order valence-electron chi connectivity index (χ1n) is 5.46. The van der Waals surface area contributed by atoms with Gasteiger partial charge >= 0.3 is 0 Å². The minimum atomic E-state index is -0.133. The zero-order valence-electron chi connectivity index (χ0n) is 10.0. The zero-order valence-corrected chi connectivity index (χ0v) is 12.4. The third-order valence-electron chi connectivity index (χ3n) is 2.27. The largest absolute Gasteiger partial charge is 0.378 e. The summed E-state index contributed by atoms with van der Waals surface area (Å²) in [7, 11) is 0. The highest BCUT2D eigenvalue weighted by atomic mass is 35.5. The van der Waals surface area contributed by atoms with E-state index in [4.69, 9.17) is 23.2 Å². The predicted octanol–water partition coefficient (Wildman–Crippen LogP) is 4.02. The fourth-order valence-electron chi connectivity index (χ4n) is 1.51. The van der Waals surface area contributed by atoms with Crippen LogP contribution in [0.1, 0.15) is 11.8 Å². The van der Waals surface area contributed by atoms with Crippen LogP contribution in [0.4, 0.5) is 11.4 Å². The molecule has 0 saturated carbocycles. The first kappa shape index (κ1) is 14.1. The second-order valence-electron chi connectivity index (χ2n) is 3.80. The Morgan fingerprint density at radius 3 is 2.79 bits per heavy atom. The van der Waals surface area contributed by atoms with E-state index >= 15 is 0 Å². The molecule has 19 heavy (non-hydrogen) atoms. The lowest BCUT2D eigenvalue weighted by Crippen LogP contribution is -2.09. The summed E-state index contributed by atoms with van der Waals surface area (Å²) in [6, 6.07) is 5.24. The molecule has 0 atom stereocenters. The second-order valence-corrected chi connectivity index (χ2v) is 5.94. The number of rotatable bonds is 4. The normalized spacial score (nSPS) is 10.3. The first-order valence-corrected chi connectivity index (χ1v) is 7.03. The molecular weight excluding hydrogens is 305 g/mol. The summed E-state index contributed by atoms with van der Waals surface area (Å²) in [5, 5.41) is 6.54. The van der Waals surface area contributed by atoms with E-state index in [-0.39, 0.29) is 5.91 Å². The topological polar surface area (TPSA) is 54.0 Å². The van der Waals surface area contributed by atoms with Gasteiger partial charge in [0.15, 0.2) is 4.47 Å². The Morgan fingerprint density at radius 1 is 1.37 bits per heavy atom. The maximum atomic E-state index is 11.1. The minimum absolute atomic E-state index is 0.133. The van der Waals surface area contributed by atoms with Gasteiger partial charge in [0.1, 0.15) is 0 Å². The number of aromatic nitrogens is 1.